The maximum absolute atomic E-state index is 13.0. The summed E-state index contributed by atoms with van der Waals surface area (Å²) in [4.78, 5) is 13.8. The standard InChI is InChI=1S/C14H19F2NO/c1-4-10(2)8-17(3)9-14(18)11-5-6-12(15)13(16)7-11/h5-7,10H,4,8-9H2,1-3H3. The monoisotopic (exact) mass is 255 g/mol. The highest BCUT2D eigenvalue weighted by atomic mass is 19.2. The zero-order valence-corrected chi connectivity index (χ0v) is 11.0. The third-order valence-electron chi connectivity index (χ3n) is 2.98. The predicted molar refractivity (Wildman–Crippen MR) is 67.6 cm³/mol. The molecule has 1 rings (SSSR count). The Bertz CT molecular complexity index is 420. The van der Waals surface area contributed by atoms with Gasteiger partial charge in [-0.3, -0.25) is 9.69 Å². The quantitative estimate of drug-likeness (QED) is 0.728. The Balaban J connectivity index is 2.62. The molecule has 4 heteroatoms. The molecule has 0 heterocycles. The normalized spacial score (nSPS) is 12.8. The van der Waals surface area contributed by atoms with Crippen molar-refractivity contribution < 1.29 is 13.6 Å². The molecular formula is C14H19F2NO. The van der Waals surface area contributed by atoms with Crippen LogP contribution in [0.25, 0.3) is 0 Å². The molecule has 1 unspecified atom stereocenters. The van der Waals surface area contributed by atoms with Crippen molar-refractivity contribution >= 4 is 5.78 Å². The zero-order chi connectivity index (χ0) is 13.7. The summed E-state index contributed by atoms with van der Waals surface area (Å²) in [7, 11) is 1.85. The van der Waals surface area contributed by atoms with Gasteiger partial charge >= 0.3 is 0 Å². The molecule has 0 aliphatic heterocycles. The number of hydrogen-bond acceptors (Lipinski definition) is 2. The van der Waals surface area contributed by atoms with E-state index in [1.165, 1.54) is 6.07 Å². The fourth-order valence-electron chi connectivity index (χ4n) is 1.73. The van der Waals surface area contributed by atoms with Gasteiger partial charge in [0.25, 0.3) is 0 Å². The summed E-state index contributed by atoms with van der Waals surface area (Å²) >= 11 is 0. The maximum atomic E-state index is 13.0. The van der Waals surface area contributed by atoms with Gasteiger partial charge in [0, 0.05) is 12.1 Å². The molecule has 1 aromatic carbocycles. The smallest absolute Gasteiger partial charge is 0.176 e. The van der Waals surface area contributed by atoms with Crippen molar-refractivity contribution in [2.75, 3.05) is 20.1 Å². The summed E-state index contributed by atoms with van der Waals surface area (Å²) in [5.41, 5.74) is 0.213. The van der Waals surface area contributed by atoms with Gasteiger partial charge in [-0.25, -0.2) is 8.78 Å². The summed E-state index contributed by atoms with van der Waals surface area (Å²) in [5, 5.41) is 0. The van der Waals surface area contributed by atoms with Crippen LogP contribution in [0.1, 0.15) is 30.6 Å². The minimum absolute atomic E-state index is 0.195. The van der Waals surface area contributed by atoms with Crippen LogP contribution in [0.15, 0.2) is 18.2 Å². The second-order valence-electron chi connectivity index (χ2n) is 4.76. The molecule has 0 radical (unpaired) electrons. The van der Waals surface area contributed by atoms with Crippen molar-refractivity contribution in [3.8, 4) is 0 Å². The maximum Gasteiger partial charge on any atom is 0.176 e. The third kappa shape index (κ3) is 4.18. The van der Waals surface area contributed by atoms with Gasteiger partial charge < -0.3 is 0 Å². The van der Waals surface area contributed by atoms with E-state index in [2.05, 4.69) is 13.8 Å². The number of carbonyl (C=O) groups is 1. The van der Waals surface area contributed by atoms with Gasteiger partial charge in [-0.2, -0.15) is 0 Å². The number of halogens is 2. The number of hydrogen-bond donors (Lipinski definition) is 0. The molecule has 0 aromatic heterocycles. The predicted octanol–water partition coefficient (Wildman–Crippen LogP) is 3.13. The molecule has 0 saturated heterocycles. The van der Waals surface area contributed by atoms with Crippen molar-refractivity contribution in [1.82, 2.24) is 4.90 Å². The number of carbonyl (C=O) groups excluding carboxylic acids is 1. The van der Waals surface area contributed by atoms with Gasteiger partial charge in [0.05, 0.1) is 6.54 Å². The molecule has 0 saturated carbocycles. The summed E-state index contributed by atoms with van der Waals surface area (Å²) in [6, 6.07) is 3.25. The van der Waals surface area contributed by atoms with E-state index in [0.29, 0.717) is 5.92 Å². The number of ketones is 1. The van der Waals surface area contributed by atoms with Gasteiger partial charge in [-0.05, 0) is 31.2 Å². The fourth-order valence-corrected chi connectivity index (χ4v) is 1.73. The van der Waals surface area contributed by atoms with Crippen molar-refractivity contribution in [3.05, 3.63) is 35.4 Å². The first-order chi connectivity index (χ1) is 8.43. The molecule has 1 aromatic rings. The van der Waals surface area contributed by atoms with Gasteiger partial charge in [0.15, 0.2) is 17.4 Å². The minimum Gasteiger partial charge on any atom is -0.299 e. The van der Waals surface area contributed by atoms with E-state index >= 15 is 0 Å². The molecule has 0 bridgehead atoms. The van der Waals surface area contributed by atoms with Gasteiger partial charge in [-0.15, -0.1) is 0 Å². The number of benzene rings is 1. The second kappa shape index (κ2) is 6.59. The van der Waals surface area contributed by atoms with Gasteiger partial charge in [-0.1, -0.05) is 20.3 Å². The molecule has 0 N–H and O–H groups in total. The van der Waals surface area contributed by atoms with E-state index in [4.69, 9.17) is 0 Å². The molecule has 0 amide bonds. The molecular weight excluding hydrogens is 236 g/mol. The van der Waals surface area contributed by atoms with E-state index in [9.17, 15) is 13.6 Å². The van der Waals surface area contributed by atoms with Crippen LogP contribution < -0.4 is 0 Å². The minimum atomic E-state index is -0.981. The second-order valence-corrected chi connectivity index (χ2v) is 4.76. The first kappa shape index (κ1) is 14.8. The Labute approximate surface area is 107 Å². The van der Waals surface area contributed by atoms with Crippen LogP contribution >= 0.6 is 0 Å². The molecule has 0 fully saturated rings. The highest BCUT2D eigenvalue weighted by molar-refractivity contribution is 5.97. The molecule has 0 aliphatic rings. The zero-order valence-electron chi connectivity index (χ0n) is 11.0. The average Bonchev–Trinajstić information content (AvgIpc) is 2.32. The van der Waals surface area contributed by atoms with Gasteiger partial charge in [0.1, 0.15) is 0 Å². The van der Waals surface area contributed by atoms with E-state index in [-0.39, 0.29) is 17.9 Å². The highest BCUT2D eigenvalue weighted by Gasteiger charge is 2.13. The van der Waals surface area contributed by atoms with Crippen LogP contribution in [0, 0.1) is 17.6 Å². The van der Waals surface area contributed by atoms with E-state index in [0.717, 1.165) is 25.1 Å². The van der Waals surface area contributed by atoms with Crippen molar-refractivity contribution in [3.63, 3.8) is 0 Å². The lowest BCUT2D eigenvalue weighted by Gasteiger charge is -2.19. The lowest BCUT2D eigenvalue weighted by Crippen LogP contribution is -2.30. The van der Waals surface area contributed by atoms with Crippen molar-refractivity contribution in [2.45, 2.75) is 20.3 Å². The number of likely N-dealkylation sites (N-methyl/N-ethyl adjacent to an activating group) is 1. The number of rotatable bonds is 6. The van der Waals surface area contributed by atoms with Crippen LogP contribution in [0.5, 0.6) is 0 Å². The van der Waals surface area contributed by atoms with Crippen LogP contribution in [-0.2, 0) is 0 Å². The molecule has 0 aliphatic carbocycles. The highest BCUT2D eigenvalue weighted by Crippen LogP contribution is 2.10. The van der Waals surface area contributed by atoms with Crippen LogP contribution in [-0.4, -0.2) is 30.8 Å². The Kier molecular flexibility index (Phi) is 5.41. The summed E-state index contributed by atoms with van der Waals surface area (Å²) in [6.45, 7) is 5.23. The van der Waals surface area contributed by atoms with E-state index in [1.807, 2.05) is 11.9 Å². The largest absolute Gasteiger partial charge is 0.299 e. The lowest BCUT2D eigenvalue weighted by atomic mass is 10.1. The summed E-state index contributed by atoms with van der Waals surface area (Å²) in [6.07, 6.45) is 1.05. The van der Waals surface area contributed by atoms with Crippen LogP contribution in [0.4, 0.5) is 8.78 Å². The fraction of sp³-hybridized carbons (Fsp3) is 0.500. The Morgan fingerprint density at radius 3 is 2.56 bits per heavy atom. The van der Waals surface area contributed by atoms with Crippen molar-refractivity contribution in [1.29, 1.82) is 0 Å². The van der Waals surface area contributed by atoms with Crippen LogP contribution in [0.2, 0.25) is 0 Å². The third-order valence-corrected chi connectivity index (χ3v) is 2.98. The van der Waals surface area contributed by atoms with E-state index < -0.39 is 11.6 Å². The Morgan fingerprint density at radius 2 is 2.00 bits per heavy atom. The van der Waals surface area contributed by atoms with E-state index in [1.54, 1.807) is 0 Å². The number of Topliss-reactive ketones (excluding diaryl/α,β-unsaturated/α-hetero) is 1. The molecule has 2 nitrogen and oxygen atoms in total. The average molecular weight is 255 g/mol. The summed E-state index contributed by atoms with van der Waals surface area (Å²) in [5.74, 6) is -1.60. The Hall–Kier alpha value is -1.29. The van der Waals surface area contributed by atoms with Crippen molar-refractivity contribution in [2.24, 2.45) is 5.92 Å². The number of nitrogens with zero attached hydrogens (tertiary/aromatic N) is 1. The molecule has 18 heavy (non-hydrogen) atoms. The molecule has 1 atom stereocenters. The first-order valence-corrected chi connectivity index (χ1v) is 6.10. The Morgan fingerprint density at radius 1 is 1.33 bits per heavy atom. The SMILES string of the molecule is CCC(C)CN(C)CC(=O)c1ccc(F)c(F)c1. The van der Waals surface area contributed by atoms with Gasteiger partial charge in [0.2, 0.25) is 0 Å². The summed E-state index contributed by atoms with van der Waals surface area (Å²) < 4.78 is 25.7. The topological polar surface area (TPSA) is 20.3 Å². The molecule has 100 valence electrons. The van der Waals surface area contributed by atoms with Crippen LogP contribution in [0.3, 0.4) is 0 Å². The molecule has 0 spiro atoms. The lowest BCUT2D eigenvalue weighted by molar-refractivity contribution is 0.0938. The first-order valence-electron chi connectivity index (χ1n) is 6.10.